The Kier molecular flexibility index (Phi) is 5.68. The Labute approximate surface area is 196 Å². The van der Waals surface area contributed by atoms with Crippen LogP contribution in [0.3, 0.4) is 0 Å². The number of fused-ring (bicyclic) bond motifs is 2. The molecule has 172 valence electrons. The minimum atomic E-state index is -1.52. The molecule has 5 rings (SSSR count). The summed E-state index contributed by atoms with van der Waals surface area (Å²) >= 11 is 0. The first-order valence-corrected chi connectivity index (χ1v) is 11.2. The molecule has 1 aromatic carbocycles. The molecular weight excluding hydrogens is 431 g/mol. The largest absolute Gasteiger partial charge is 0.488 e. The maximum Gasteiger partial charge on any atom is 0.488 e. The summed E-state index contributed by atoms with van der Waals surface area (Å²) < 4.78 is 1.91. The topological polar surface area (TPSA) is 138 Å². The van der Waals surface area contributed by atoms with E-state index in [1.54, 1.807) is 30.3 Å². The lowest BCUT2D eigenvalue weighted by atomic mass is 9.80. The van der Waals surface area contributed by atoms with Gasteiger partial charge >= 0.3 is 7.12 Å². The van der Waals surface area contributed by atoms with E-state index in [1.807, 2.05) is 29.7 Å². The van der Waals surface area contributed by atoms with Crippen molar-refractivity contribution in [2.24, 2.45) is 5.73 Å². The lowest BCUT2D eigenvalue weighted by Gasteiger charge is -2.22. The van der Waals surface area contributed by atoms with E-state index < -0.39 is 13.0 Å². The molecule has 0 fully saturated rings. The summed E-state index contributed by atoms with van der Waals surface area (Å²) in [6, 6.07) is 12.5. The summed E-state index contributed by atoms with van der Waals surface area (Å²) in [6.07, 6.45) is 3.68. The Balaban J connectivity index is 1.57. The highest BCUT2D eigenvalue weighted by atomic mass is 16.4. The second-order valence-corrected chi connectivity index (χ2v) is 8.44. The number of carbonyl (C=O) groups excluding carboxylic acids is 1. The lowest BCUT2D eigenvalue weighted by Crippen LogP contribution is -2.30. The third-order valence-electron chi connectivity index (χ3n) is 6.06. The molecule has 34 heavy (non-hydrogen) atoms. The van der Waals surface area contributed by atoms with Crippen molar-refractivity contribution in [2.45, 2.75) is 26.3 Å². The van der Waals surface area contributed by atoms with Gasteiger partial charge in [-0.15, -0.1) is 0 Å². The molecule has 0 bridgehead atoms. The van der Waals surface area contributed by atoms with Gasteiger partial charge in [-0.05, 0) is 54.6 Å². The first kappa shape index (κ1) is 21.9. The summed E-state index contributed by atoms with van der Waals surface area (Å²) in [6.45, 7) is 3.25. The molecule has 1 aliphatic heterocycles. The van der Waals surface area contributed by atoms with Crippen molar-refractivity contribution in [1.29, 1.82) is 0 Å². The molecule has 1 amide bonds. The van der Waals surface area contributed by atoms with E-state index in [9.17, 15) is 14.8 Å². The highest BCUT2D eigenvalue weighted by Crippen LogP contribution is 2.33. The number of anilines is 2. The molecule has 4 aromatic rings. The smallest absolute Gasteiger partial charge is 0.423 e. The number of nitrogens with zero attached hydrogens (tertiary/aromatic N) is 3. The highest BCUT2D eigenvalue weighted by molar-refractivity contribution is 6.58. The predicted octanol–water partition coefficient (Wildman–Crippen LogP) is 1.45. The molecule has 1 aliphatic rings. The van der Waals surface area contributed by atoms with Crippen molar-refractivity contribution in [3.05, 3.63) is 71.0 Å². The number of hydrogen-bond acceptors (Lipinski definition) is 7. The number of primary amides is 1. The fourth-order valence-corrected chi connectivity index (χ4v) is 4.45. The molecule has 9 nitrogen and oxygen atoms in total. The van der Waals surface area contributed by atoms with E-state index in [2.05, 4.69) is 10.6 Å². The van der Waals surface area contributed by atoms with Gasteiger partial charge in [0, 0.05) is 19.3 Å². The van der Waals surface area contributed by atoms with Gasteiger partial charge in [-0.2, -0.15) is 0 Å². The van der Waals surface area contributed by atoms with Crippen molar-refractivity contribution in [3.8, 4) is 11.5 Å². The van der Waals surface area contributed by atoms with Gasteiger partial charge < -0.3 is 30.8 Å². The van der Waals surface area contributed by atoms with Gasteiger partial charge in [-0.3, -0.25) is 4.79 Å². The van der Waals surface area contributed by atoms with Crippen LogP contribution in [0.1, 0.15) is 33.6 Å². The molecule has 0 radical (unpaired) electrons. The Morgan fingerprint density at radius 2 is 2.09 bits per heavy atom. The van der Waals surface area contributed by atoms with E-state index in [0.29, 0.717) is 29.2 Å². The maximum absolute atomic E-state index is 11.9. The molecule has 0 atom stereocenters. The maximum atomic E-state index is 11.9. The quantitative estimate of drug-likeness (QED) is 0.277. The Hall–Kier alpha value is -3.89. The lowest BCUT2D eigenvalue weighted by molar-refractivity contribution is 0.100. The molecular formula is C24H25BN6O3. The fourth-order valence-electron chi connectivity index (χ4n) is 4.45. The Morgan fingerprint density at radius 3 is 2.88 bits per heavy atom. The Morgan fingerprint density at radius 1 is 1.24 bits per heavy atom. The third kappa shape index (κ3) is 3.97. The number of aryl methyl sites for hydroxylation is 2. The van der Waals surface area contributed by atoms with Gasteiger partial charge in [0.25, 0.3) is 5.91 Å². The zero-order valence-electron chi connectivity index (χ0n) is 18.7. The third-order valence-corrected chi connectivity index (χ3v) is 6.06. The van der Waals surface area contributed by atoms with Gasteiger partial charge in [-0.1, -0.05) is 24.3 Å². The molecule has 0 saturated heterocycles. The number of benzene rings is 1. The van der Waals surface area contributed by atoms with Gasteiger partial charge in [0.2, 0.25) is 0 Å². The van der Waals surface area contributed by atoms with Crippen LogP contribution in [0.5, 0.6) is 0 Å². The molecule has 0 unspecified atom stereocenters. The van der Waals surface area contributed by atoms with Crippen LogP contribution < -0.4 is 21.8 Å². The van der Waals surface area contributed by atoms with E-state index in [0.717, 1.165) is 53.1 Å². The van der Waals surface area contributed by atoms with Crippen molar-refractivity contribution in [2.75, 3.05) is 17.2 Å². The zero-order chi connectivity index (χ0) is 23.8. The normalized spacial score (nSPS) is 12.8. The monoisotopic (exact) mass is 456 g/mol. The van der Waals surface area contributed by atoms with E-state index >= 15 is 0 Å². The number of hydrogen-bond donors (Lipinski definition) is 5. The van der Waals surface area contributed by atoms with Crippen LogP contribution in [-0.4, -0.2) is 44.0 Å². The van der Waals surface area contributed by atoms with Gasteiger partial charge in [-0.25, -0.2) is 9.97 Å². The standard InChI is InChI=1S/C24H25BN6O3/c1-14-11-19-17(22(26)32)7-4-10-31(19)21(14)24-29-18-8-3-9-27-20(18)23(30-24)28-13-15-5-2-6-16(12-15)25(33)34/h2,4-7,10-12,27,33-34H,3,8-9,13H2,1H3,(H2,26,32)(H,28,29,30). The van der Waals surface area contributed by atoms with Crippen molar-refractivity contribution < 1.29 is 14.8 Å². The number of pyridine rings is 1. The molecule has 3 aromatic heterocycles. The van der Waals surface area contributed by atoms with E-state index in [4.69, 9.17) is 15.7 Å². The summed E-state index contributed by atoms with van der Waals surface area (Å²) in [5, 5.41) is 25.8. The van der Waals surface area contributed by atoms with Crippen LogP contribution >= 0.6 is 0 Å². The van der Waals surface area contributed by atoms with Gasteiger partial charge in [0.15, 0.2) is 11.6 Å². The van der Waals surface area contributed by atoms with Gasteiger partial charge in [0.1, 0.15) is 0 Å². The molecule has 0 saturated carbocycles. The SMILES string of the molecule is Cc1cc2c(C(N)=O)cccn2c1-c1nc2c(c(NCc3cccc(B(O)O)c3)n1)NCCC2. The fraction of sp³-hybridized carbons (Fsp3) is 0.208. The zero-order valence-corrected chi connectivity index (χ0v) is 18.7. The molecule has 6 N–H and O–H groups in total. The van der Waals surface area contributed by atoms with Crippen LogP contribution in [0.25, 0.3) is 17.0 Å². The minimum Gasteiger partial charge on any atom is -0.423 e. The average Bonchev–Trinajstić information content (AvgIpc) is 3.18. The number of rotatable bonds is 6. The first-order chi connectivity index (χ1) is 16.4. The van der Waals surface area contributed by atoms with E-state index in [1.165, 1.54) is 0 Å². The van der Waals surface area contributed by atoms with E-state index in [-0.39, 0.29) is 0 Å². The summed E-state index contributed by atoms with van der Waals surface area (Å²) in [4.78, 5) is 21.7. The molecule has 0 aliphatic carbocycles. The average molecular weight is 456 g/mol. The van der Waals surface area contributed by atoms with Crippen LogP contribution in [-0.2, 0) is 13.0 Å². The van der Waals surface area contributed by atoms with Crippen molar-refractivity contribution >= 4 is 35.5 Å². The van der Waals surface area contributed by atoms with Crippen molar-refractivity contribution in [1.82, 2.24) is 14.4 Å². The number of carbonyl (C=O) groups is 1. The summed E-state index contributed by atoms with van der Waals surface area (Å²) in [7, 11) is -1.52. The van der Waals surface area contributed by atoms with Crippen LogP contribution in [0.4, 0.5) is 11.5 Å². The minimum absolute atomic E-state index is 0.434. The van der Waals surface area contributed by atoms with Crippen LogP contribution in [0.15, 0.2) is 48.7 Å². The number of nitrogens with one attached hydrogen (secondary N) is 2. The molecule has 4 heterocycles. The summed E-state index contributed by atoms with van der Waals surface area (Å²) in [5.74, 6) is 0.751. The molecule has 10 heteroatoms. The first-order valence-electron chi connectivity index (χ1n) is 11.2. The number of nitrogens with two attached hydrogens (primary N) is 1. The van der Waals surface area contributed by atoms with Crippen LogP contribution in [0.2, 0.25) is 0 Å². The number of aromatic nitrogens is 3. The number of amides is 1. The molecule has 0 spiro atoms. The van der Waals surface area contributed by atoms with Crippen LogP contribution in [0, 0.1) is 6.92 Å². The van der Waals surface area contributed by atoms with Crippen molar-refractivity contribution in [3.63, 3.8) is 0 Å². The highest BCUT2D eigenvalue weighted by Gasteiger charge is 2.22. The second-order valence-electron chi connectivity index (χ2n) is 8.44. The summed E-state index contributed by atoms with van der Waals surface area (Å²) in [5.41, 5.74) is 11.6. The second kappa shape index (κ2) is 8.81. The Bertz CT molecular complexity index is 1400. The predicted molar refractivity (Wildman–Crippen MR) is 132 cm³/mol. The van der Waals surface area contributed by atoms with Gasteiger partial charge in [0.05, 0.1) is 28.2 Å².